The number of nitrogens with one attached hydrogen (secondary N) is 2. The highest BCUT2D eigenvalue weighted by Gasteiger charge is 2.15. The summed E-state index contributed by atoms with van der Waals surface area (Å²) in [6.07, 6.45) is 0.989. The molecule has 0 bridgehead atoms. The normalized spacial score (nSPS) is 11.2. The van der Waals surface area contributed by atoms with Crippen LogP contribution in [0.5, 0.6) is 0 Å². The highest BCUT2D eigenvalue weighted by Crippen LogP contribution is 2.22. The topological polar surface area (TPSA) is 75.3 Å². The lowest BCUT2D eigenvalue weighted by Crippen LogP contribution is -2.23. The van der Waals surface area contributed by atoms with Crippen molar-refractivity contribution in [2.24, 2.45) is 0 Å². The molecule has 7 heteroatoms. The van der Waals surface area contributed by atoms with Crippen LogP contribution in [-0.4, -0.2) is 27.1 Å². The molecule has 5 nitrogen and oxygen atoms in total. The van der Waals surface area contributed by atoms with Gasteiger partial charge in [0.15, 0.2) is 9.84 Å². The Bertz CT molecular complexity index is 879. The fraction of sp³-hybridized carbons (Fsp3) is 0.235. The van der Waals surface area contributed by atoms with E-state index in [9.17, 15) is 17.6 Å². The van der Waals surface area contributed by atoms with Crippen LogP contribution in [-0.2, 0) is 14.6 Å². The maximum absolute atomic E-state index is 13.3. The molecule has 0 unspecified atom stereocenters. The molecule has 0 radical (unpaired) electrons. The van der Waals surface area contributed by atoms with Crippen molar-refractivity contribution >= 4 is 27.1 Å². The molecule has 0 aliphatic rings. The second-order valence-corrected chi connectivity index (χ2v) is 7.62. The molecule has 0 heterocycles. The van der Waals surface area contributed by atoms with Gasteiger partial charge in [-0.3, -0.25) is 4.79 Å². The van der Waals surface area contributed by atoms with Gasteiger partial charge < -0.3 is 10.6 Å². The highest BCUT2D eigenvalue weighted by atomic mass is 32.2. The SMILES string of the molecule is Cc1ccc(C)c(NC(=O)CNc2ccc(F)cc2S(C)(=O)=O)c1. The third-order valence-electron chi connectivity index (χ3n) is 3.45. The lowest BCUT2D eigenvalue weighted by Gasteiger charge is -2.12. The minimum absolute atomic E-state index is 0.137. The van der Waals surface area contributed by atoms with Crippen molar-refractivity contribution < 1.29 is 17.6 Å². The van der Waals surface area contributed by atoms with Gasteiger partial charge in [-0.05, 0) is 49.2 Å². The minimum Gasteiger partial charge on any atom is -0.375 e. The first kappa shape index (κ1) is 17.9. The summed E-state index contributed by atoms with van der Waals surface area (Å²) in [5.41, 5.74) is 2.83. The van der Waals surface area contributed by atoms with Crippen LogP contribution in [0, 0.1) is 19.7 Å². The molecule has 24 heavy (non-hydrogen) atoms. The lowest BCUT2D eigenvalue weighted by molar-refractivity contribution is -0.114. The number of carbonyl (C=O) groups excluding carboxylic acids is 1. The lowest BCUT2D eigenvalue weighted by atomic mass is 10.1. The number of sulfone groups is 1. The van der Waals surface area contributed by atoms with Gasteiger partial charge >= 0.3 is 0 Å². The van der Waals surface area contributed by atoms with Crippen molar-refractivity contribution in [3.63, 3.8) is 0 Å². The third kappa shape index (κ3) is 4.55. The predicted octanol–water partition coefficient (Wildman–Crippen LogP) is 2.90. The summed E-state index contributed by atoms with van der Waals surface area (Å²) < 4.78 is 36.7. The van der Waals surface area contributed by atoms with E-state index in [1.165, 1.54) is 6.07 Å². The molecule has 0 saturated heterocycles. The van der Waals surface area contributed by atoms with Crippen molar-refractivity contribution in [2.75, 3.05) is 23.4 Å². The molecular weight excluding hydrogens is 331 g/mol. The van der Waals surface area contributed by atoms with Gasteiger partial charge in [-0.15, -0.1) is 0 Å². The zero-order valence-corrected chi connectivity index (χ0v) is 14.5. The first-order chi connectivity index (χ1) is 11.2. The number of hydrogen-bond acceptors (Lipinski definition) is 4. The molecule has 2 aromatic carbocycles. The molecule has 0 aromatic heterocycles. The van der Waals surface area contributed by atoms with Gasteiger partial charge in [-0.1, -0.05) is 12.1 Å². The second kappa shape index (κ2) is 7.00. The summed E-state index contributed by atoms with van der Waals surface area (Å²) in [6, 6.07) is 9.07. The van der Waals surface area contributed by atoms with E-state index in [4.69, 9.17) is 0 Å². The maximum Gasteiger partial charge on any atom is 0.243 e. The van der Waals surface area contributed by atoms with Crippen molar-refractivity contribution in [1.82, 2.24) is 0 Å². The van der Waals surface area contributed by atoms with Crippen LogP contribution in [0.4, 0.5) is 15.8 Å². The third-order valence-corrected chi connectivity index (χ3v) is 4.59. The molecule has 0 fully saturated rings. The van der Waals surface area contributed by atoms with E-state index in [1.807, 2.05) is 32.0 Å². The largest absolute Gasteiger partial charge is 0.375 e. The number of aryl methyl sites for hydroxylation is 2. The summed E-state index contributed by atoms with van der Waals surface area (Å²) >= 11 is 0. The molecule has 0 atom stereocenters. The van der Waals surface area contributed by atoms with Gasteiger partial charge in [0, 0.05) is 11.9 Å². The van der Waals surface area contributed by atoms with Crippen LogP contribution in [0.2, 0.25) is 0 Å². The summed E-state index contributed by atoms with van der Waals surface area (Å²) in [4.78, 5) is 11.9. The molecular formula is C17H19FN2O3S. The van der Waals surface area contributed by atoms with Crippen molar-refractivity contribution in [1.29, 1.82) is 0 Å². The van der Waals surface area contributed by atoms with Gasteiger partial charge in [0.2, 0.25) is 5.91 Å². The Morgan fingerprint density at radius 3 is 2.46 bits per heavy atom. The number of halogens is 1. The standard InChI is InChI=1S/C17H19FN2O3S/c1-11-4-5-12(2)15(8-11)20-17(21)10-19-14-7-6-13(18)9-16(14)24(3,22)23/h4-9,19H,10H2,1-3H3,(H,20,21). The summed E-state index contributed by atoms with van der Waals surface area (Å²) in [6.45, 7) is 3.66. The van der Waals surface area contributed by atoms with Crippen molar-refractivity contribution in [3.05, 3.63) is 53.3 Å². The smallest absolute Gasteiger partial charge is 0.243 e. The Labute approximate surface area is 140 Å². The van der Waals surface area contributed by atoms with E-state index < -0.39 is 15.7 Å². The van der Waals surface area contributed by atoms with Crippen molar-refractivity contribution in [2.45, 2.75) is 18.7 Å². The molecule has 0 saturated carbocycles. The van der Waals surface area contributed by atoms with Crippen LogP contribution in [0.1, 0.15) is 11.1 Å². The first-order valence-corrected chi connectivity index (χ1v) is 9.16. The second-order valence-electron chi connectivity index (χ2n) is 5.63. The predicted molar refractivity (Wildman–Crippen MR) is 92.5 cm³/mol. The first-order valence-electron chi connectivity index (χ1n) is 7.27. The zero-order valence-electron chi connectivity index (χ0n) is 13.7. The zero-order chi connectivity index (χ0) is 17.9. The molecule has 2 rings (SSSR count). The fourth-order valence-corrected chi connectivity index (χ4v) is 3.06. The molecule has 128 valence electrons. The highest BCUT2D eigenvalue weighted by molar-refractivity contribution is 7.90. The Morgan fingerprint density at radius 2 is 1.79 bits per heavy atom. The van der Waals surface area contributed by atoms with E-state index in [0.29, 0.717) is 5.69 Å². The average molecular weight is 350 g/mol. The number of hydrogen-bond donors (Lipinski definition) is 2. The molecule has 0 aliphatic carbocycles. The number of rotatable bonds is 5. The maximum atomic E-state index is 13.3. The Hall–Kier alpha value is -2.41. The summed E-state index contributed by atoms with van der Waals surface area (Å²) in [5, 5.41) is 5.51. The van der Waals surface area contributed by atoms with Crippen LogP contribution in [0.25, 0.3) is 0 Å². The molecule has 0 spiro atoms. The molecule has 0 aliphatic heterocycles. The van der Waals surface area contributed by atoms with Gasteiger partial charge in [0.05, 0.1) is 17.1 Å². The summed E-state index contributed by atoms with van der Waals surface area (Å²) in [5.74, 6) is -0.978. The Balaban J connectivity index is 2.11. The van der Waals surface area contributed by atoms with Gasteiger partial charge in [-0.25, -0.2) is 12.8 Å². The van der Waals surface area contributed by atoms with E-state index >= 15 is 0 Å². The molecule has 2 aromatic rings. The Kier molecular flexibility index (Phi) is 5.23. The number of anilines is 2. The number of amides is 1. The fourth-order valence-electron chi connectivity index (χ4n) is 2.19. The van der Waals surface area contributed by atoms with Gasteiger partial charge in [0.25, 0.3) is 0 Å². The van der Waals surface area contributed by atoms with Gasteiger partial charge in [0.1, 0.15) is 5.82 Å². The van der Waals surface area contributed by atoms with E-state index in [0.717, 1.165) is 29.5 Å². The van der Waals surface area contributed by atoms with E-state index in [1.54, 1.807) is 0 Å². The molecule has 1 amide bonds. The van der Waals surface area contributed by atoms with Crippen LogP contribution in [0.15, 0.2) is 41.3 Å². The van der Waals surface area contributed by atoms with Crippen LogP contribution in [0.3, 0.4) is 0 Å². The van der Waals surface area contributed by atoms with Crippen molar-refractivity contribution in [3.8, 4) is 0 Å². The van der Waals surface area contributed by atoms with Crippen LogP contribution < -0.4 is 10.6 Å². The number of benzene rings is 2. The van der Waals surface area contributed by atoms with Gasteiger partial charge in [-0.2, -0.15) is 0 Å². The van der Waals surface area contributed by atoms with Crippen LogP contribution >= 0.6 is 0 Å². The number of carbonyl (C=O) groups is 1. The van der Waals surface area contributed by atoms with E-state index in [2.05, 4.69) is 10.6 Å². The quantitative estimate of drug-likeness (QED) is 0.869. The molecule has 2 N–H and O–H groups in total. The average Bonchev–Trinajstić information content (AvgIpc) is 2.49. The summed E-state index contributed by atoms with van der Waals surface area (Å²) in [7, 11) is -3.61. The monoisotopic (exact) mass is 350 g/mol. The minimum atomic E-state index is -3.61. The Morgan fingerprint density at radius 1 is 1.08 bits per heavy atom. The van der Waals surface area contributed by atoms with E-state index in [-0.39, 0.29) is 23.0 Å².